The molecule has 86 valence electrons. The monoisotopic (exact) mass is 221 g/mol. The second-order valence-corrected chi connectivity index (χ2v) is 3.41. The number of esters is 1. The lowest BCUT2D eigenvalue weighted by Gasteiger charge is -2.12. The minimum atomic E-state index is -1.11. The van der Waals surface area contributed by atoms with Crippen molar-refractivity contribution in [3.63, 3.8) is 0 Å². The predicted molar refractivity (Wildman–Crippen MR) is 59.7 cm³/mol. The molecule has 0 spiro atoms. The van der Waals surface area contributed by atoms with Crippen molar-refractivity contribution in [2.45, 2.75) is 20.0 Å². The average Bonchev–Trinajstić information content (AvgIpc) is 2.28. The van der Waals surface area contributed by atoms with Crippen LogP contribution in [-0.4, -0.2) is 22.7 Å². The molecule has 0 fully saturated rings. The van der Waals surface area contributed by atoms with Crippen LogP contribution in [0.4, 0.5) is 0 Å². The molecule has 1 unspecified atom stereocenters. The summed E-state index contributed by atoms with van der Waals surface area (Å²) in [5.41, 5.74) is 1.37. The summed E-state index contributed by atoms with van der Waals surface area (Å²) in [5.74, 6) is -0.600. The van der Waals surface area contributed by atoms with Crippen LogP contribution in [0.15, 0.2) is 30.5 Å². The summed E-state index contributed by atoms with van der Waals surface area (Å²) in [7, 11) is 0. The van der Waals surface area contributed by atoms with Gasteiger partial charge in [0.2, 0.25) is 0 Å². The summed E-state index contributed by atoms with van der Waals surface area (Å²) in [6.07, 6.45) is 0.511. The van der Waals surface area contributed by atoms with E-state index in [1.54, 1.807) is 19.2 Å². The quantitative estimate of drug-likeness (QED) is 0.619. The number of hydrogen-bond acceptors (Lipinski definition) is 4. The maximum absolute atomic E-state index is 11.3. The number of aliphatic hydroxyl groups is 1. The van der Waals surface area contributed by atoms with E-state index in [1.165, 1.54) is 0 Å². The van der Waals surface area contributed by atoms with Gasteiger partial charge >= 0.3 is 5.97 Å². The highest BCUT2D eigenvalue weighted by Crippen LogP contribution is 2.19. The van der Waals surface area contributed by atoms with E-state index in [4.69, 9.17) is 4.74 Å². The molecular weight excluding hydrogens is 206 g/mol. The Hall–Kier alpha value is -1.68. The van der Waals surface area contributed by atoms with Gasteiger partial charge in [-0.25, -0.2) is 4.79 Å². The number of ether oxygens (including phenoxy) is 1. The van der Waals surface area contributed by atoms with Crippen LogP contribution < -0.4 is 0 Å². The van der Waals surface area contributed by atoms with Crippen LogP contribution in [0, 0.1) is 6.92 Å². The molecule has 16 heavy (non-hydrogen) atoms. The van der Waals surface area contributed by atoms with Gasteiger partial charge < -0.3 is 9.84 Å². The van der Waals surface area contributed by atoms with Crippen molar-refractivity contribution in [2.75, 3.05) is 6.61 Å². The second-order valence-electron chi connectivity index (χ2n) is 3.41. The third-order valence-corrected chi connectivity index (χ3v) is 2.08. The van der Waals surface area contributed by atoms with Crippen molar-refractivity contribution in [1.29, 1.82) is 0 Å². The Bertz CT molecular complexity index is 384. The van der Waals surface area contributed by atoms with Gasteiger partial charge in [0.25, 0.3) is 0 Å². The first-order valence-corrected chi connectivity index (χ1v) is 5.02. The lowest BCUT2D eigenvalue weighted by Crippen LogP contribution is -2.14. The zero-order valence-electron chi connectivity index (χ0n) is 9.43. The summed E-state index contributed by atoms with van der Waals surface area (Å²) in [4.78, 5) is 15.3. The Morgan fingerprint density at radius 3 is 2.81 bits per heavy atom. The highest BCUT2D eigenvalue weighted by Gasteiger charge is 2.20. The van der Waals surface area contributed by atoms with Crippen LogP contribution in [0.2, 0.25) is 0 Å². The fraction of sp³-hybridized carbons (Fsp3) is 0.333. The van der Waals surface area contributed by atoms with Crippen LogP contribution in [0.1, 0.15) is 24.3 Å². The molecule has 0 amide bonds. The van der Waals surface area contributed by atoms with Gasteiger partial charge in [0.1, 0.15) is 6.10 Å². The summed E-state index contributed by atoms with van der Waals surface area (Å²) in [5, 5.41) is 9.81. The van der Waals surface area contributed by atoms with Crippen LogP contribution in [0.3, 0.4) is 0 Å². The molecule has 1 heterocycles. The zero-order chi connectivity index (χ0) is 12.1. The molecule has 1 N–H and O–H groups in total. The van der Waals surface area contributed by atoms with E-state index < -0.39 is 12.1 Å². The van der Waals surface area contributed by atoms with E-state index in [0.29, 0.717) is 5.69 Å². The van der Waals surface area contributed by atoms with Gasteiger partial charge in [-0.1, -0.05) is 12.6 Å². The van der Waals surface area contributed by atoms with E-state index in [-0.39, 0.29) is 12.2 Å². The third-order valence-electron chi connectivity index (χ3n) is 2.08. The standard InChI is InChI=1S/C12H15NO3/c1-4-16-12(15)9(3)11(14)10-6-5-8(2)7-13-10/h5-7,11,14H,3-4H2,1-2H3. The minimum Gasteiger partial charge on any atom is -0.463 e. The smallest absolute Gasteiger partial charge is 0.336 e. The highest BCUT2D eigenvalue weighted by molar-refractivity contribution is 5.88. The predicted octanol–water partition coefficient (Wildman–Crippen LogP) is 1.54. The van der Waals surface area contributed by atoms with Crippen molar-refractivity contribution in [3.8, 4) is 0 Å². The van der Waals surface area contributed by atoms with Gasteiger partial charge in [0.05, 0.1) is 17.9 Å². The number of carbonyl (C=O) groups excluding carboxylic acids is 1. The van der Waals surface area contributed by atoms with E-state index in [9.17, 15) is 9.90 Å². The number of aromatic nitrogens is 1. The fourth-order valence-electron chi connectivity index (χ4n) is 1.15. The first-order valence-electron chi connectivity index (χ1n) is 5.02. The Balaban J connectivity index is 2.77. The number of aliphatic hydroxyl groups excluding tert-OH is 1. The fourth-order valence-corrected chi connectivity index (χ4v) is 1.15. The zero-order valence-corrected chi connectivity index (χ0v) is 9.43. The van der Waals surface area contributed by atoms with Crippen LogP contribution in [0.25, 0.3) is 0 Å². The van der Waals surface area contributed by atoms with Gasteiger partial charge in [-0.05, 0) is 25.5 Å². The number of nitrogens with zero attached hydrogens (tertiary/aromatic N) is 1. The highest BCUT2D eigenvalue weighted by atomic mass is 16.5. The molecule has 0 aliphatic carbocycles. The van der Waals surface area contributed by atoms with Gasteiger partial charge in [-0.3, -0.25) is 4.98 Å². The molecule has 0 saturated heterocycles. The minimum absolute atomic E-state index is 0.00166. The van der Waals surface area contributed by atoms with Crippen LogP contribution in [0.5, 0.6) is 0 Å². The number of carbonyl (C=O) groups is 1. The van der Waals surface area contributed by atoms with Crippen molar-refractivity contribution >= 4 is 5.97 Å². The van der Waals surface area contributed by atoms with E-state index >= 15 is 0 Å². The van der Waals surface area contributed by atoms with Crippen LogP contribution >= 0.6 is 0 Å². The molecule has 0 radical (unpaired) electrons. The molecule has 0 bridgehead atoms. The molecule has 1 rings (SSSR count). The molecule has 0 aliphatic heterocycles. The Labute approximate surface area is 94.6 Å². The molecule has 0 aromatic carbocycles. The van der Waals surface area contributed by atoms with E-state index in [0.717, 1.165) is 5.56 Å². The average molecular weight is 221 g/mol. The van der Waals surface area contributed by atoms with Gasteiger partial charge in [-0.15, -0.1) is 0 Å². The normalized spacial score (nSPS) is 11.9. The Morgan fingerprint density at radius 1 is 1.62 bits per heavy atom. The van der Waals surface area contributed by atoms with E-state index in [1.807, 2.05) is 13.0 Å². The number of aryl methyl sites for hydroxylation is 1. The van der Waals surface area contributed by atoms with Gasteiger partial charge in [0, 0.05) is 6.20 Å². The molecule has 1 aromatic rings. The van der Waals surface area contributed by atoms with Crippen molar-refractivity contribution in [3.05, 3.63) is 41.7 Å². The molecule has 4 nitrogen and oxygen atoms in total. The third kappa shape index (κ3) is 2.90. The first-order chi connectivity index (χ1) is 7.56. The van der Waals surface area contributed by atoms with Gasteiger partial charge in [0.15, 0.2) is 0 Å². The summed E-state index contributed by atoms with van der Waals surface area (Å²) >= 11 is 0. The molecule has 0 aliphatic rings. The molecule has 0 saturated carbocycles. The molecule has 4 heteroatoms. The largest absolute Gasteiger partial charge is 0.463 e. The summed E-state index contributed by atoms with van der Waals surface area (Å²) in [6.45, 7) is 7.35. The summed E-state index contributed by atoms with van der Waals surface area (Å²) < 4.78 is 4.74. The second kappa shape index (κ2) is 5.42. The lowest BCUT2D eigenvalue weighted by molar-refractivity contribution is -0.139. The van der Waals surface area contributed by atoms with Crippen molar-refractivity contribution in [1.82, 2.24) is 4.98 Å². The topological polar surface area (TPSA) is 59.4 Å². The van der Waals surface area contributed by atoms with Crippen molar-refractivity contribution < 1.29 is 14.6 Å². The summed E-state index contributed by atoms with van der Waals surface area (Å²) in [6, 6.07) is 3.47. The maximum Gasteiger partial charge on any atom is 0.336 e. The van der Waals surface area contributed by atoms with Crippen molar-refractivity contribution in [2.24, 2.45) is 0 Å². The van der Waals surface area contributed by atoms with E-state index in [2.05, 4.69) is 11.6 Å². The Morgan fingerprint density at radius 2 is 2.31 bits per heavy atom. The number of rotatable bonds is 4. The SMILES string of the molecule is C=C(C(=O)OCC)C(O)c1ccc(C)cn1. The lowest BCUT2D eigenvalue weighted by atomic mass is 10.1. The number of hydrogen-bond donors (Lipinski definition) is 1. The Kier molecular flexibility index (Phi) is 4.19. The number of pyridine rings is 1. The molecular formula is C12H15NO3. The van der Waals surface area contributed by atoms with Crippen LogP contribution in [-0.2, 0) is 9.53 Å². The van der Waals surface area contributed by atoms with Gasteiger partial charge in [-0.2, -0.15) is 0 Å². The molecule has 1 aromatic heterocycles. The molecule has 1 atom stereocenters. The maximum atomic E-state index is 11.3. The first kappa shape index (κ1) is 12.4.